The highest BCUT2D eigenvalue weighted by Gasteiger charge is 2.43. The van der Waals surface area contributed by atoms with E-state index in [1.165, 1.54) is 7.11 Å². The van der Waals surface area contributed by atoms with Crippen LogP contribution in [0.15, 0.2) is 18.2 Å². The number of hydrogen-bond donors (Lipinski definition) is 1. The summed E-state index contributed by atoms with van der Waals surface area (Å²) in [6.45, 7) is 0.688. The average molecular weight is 341 g/mol. The van der Waals surface area contributed by atoms with E-state index < -0.39 is 0 Å². The van der Waals surface area contributed by atoms with E-state index in [9.17, 15) is 10.3 Å². The van der Waals surface area contributed by atoms with Gasteiger partial charge in [0, 0.05) is 29.5 Å². The molecule has 1 N–H and O–H groups in total. The second kappa shape index (κ2) is 4.80. The van der Waals surface area contributed by atoms with Crippen LogP contribution >= 0.6 is 0 Å². The Bertz CT molecular complexity index is 905. The minimum atomic E-state index is -0.314. The van der Waals surface area contributed by atoms with E-state index in [0.29, 0.717) is 42.2 Å². The second-order valence-corrected chi connectivity index (χ2v) is 7.08. The van der Waals surface area contributed by atoms with Crippen LogP contribution in [0.3, 0.4) is 0 Å². The van der Waals surface area contributed by atoms with Gasteiger partial charge in [0.1, 0.15) is 6.04 Å². The van der Waals surface area contributed by atoms with E-state index in [-0.39, 0.29) is 23.2 Å². The molecule has 25 heavy (non-hydrogen) atoms. The number of likely N-dealkylation sites (N-methyl/N-ethyl adjacent to an activating group) is 1. The van der Waals surface area contributed by atoms with Gasteiger partial charge in [0.2, 0.25) is 6.79 Å². The molecule has 0 unspecified atom stereocenters. The molecule has 2 heterocycles. The maximum absolute atomic E-state index is 13.1. The molecule has 0 aromatic heterocycles. The van der Waals surface area contributed by atoms with Crippen molar-refractivity contribution >= 4 is 0 Å². The summed E-state index contributed by atoms with van der Waals surface area (Å²) in [5.41, 5.74) is 4.55. The highest BCUT2D eigenvalue weighted by molar-refractivity contribution is 5.88. The fourth-order valence-corrected chi connectivity index (χ4v) is 4.45. The molecular formula is C19H19NO5. The molecule has 2 aromatic carbocycles. The number of quaternary nitrogens is 1. The molecule has 0 spiro atoms. The average Bonchev–Trinajstić information content (AvgIpc) is 3.06. The number of methoxy groups -OCH3 is 1. The van der Waals surface area contributed by atoms with Gasteiger partial charge < -0.3 is 29.2 Å². The molecule has 0 saturated carbocycles. The van der Waals surface area contributed by atoms with Crippen molar-refractivity contribution in [3.8, 4) is 34.1 Å². The number of phenols is 1. The number of phenolic OH excluding ortho intramolecular Hbond substituents is 1. The quantitative estimate of drug-likeness (QED) is 0.638. The van der Waals surface area contributed by atoms with E-state index >= 15 is 0 Å². The molecule has 0 amide bonds. The lowest BCUT2D eigenvalue weighted by molar-refractivity contribution is -0.894. The standard InChI is InChI=1S/C19H19NO5/c1-20(22)6-5-11-8-14-19(25-9-24-14)17-15(11)12(20)7-10-3-4-13(23-2)18(21)16(10)17/h3-4,8,12,21H,5-7,9H2,1-2H3/t12-,20+/m0/s1. The van der Waals surface area contributed by atoms with Gasteiger partial charge in [-0.15, -0.1) is 0 Å². The van der Waals surface area contributed by atoms with Gasteiger partial charge in [0.05, 0.1) is 20.7 Å². The van der Waals surface area contributed by atoms with Crippen LogP contribution in [0.4, 0.5) is 0 Å². The Morgan fingerprint density at radius 3 is 2.88 bits per heavy atom. The summed E-state index contributed by atoms with van der Waals surface area (Å²) < 4.78 is 16.3. The highest BCUT2D eigenvalue weighted by Crippen LogP contribution is 2.58. The number of hydrogen-bond acceptors (Lipinski definition) is 5. The zero-order valence-electron chi connectivity index (χ0n) is 14.2. The number of hydroxylamine groups is 3. The van der Waals surface area contributed by atoms with Crippen LogP contribution in [0.1, 0.15) is 22.7 Å². The van der Waals surface area contributed by atoms with Crippen molar-refractivity contribution in [2.24, 2.45) is 0 Å². The maximum atomic E-state index is 13.1. The zero-order chi connectivity index (χ0) is 17.3. The van der Waals surface area contributed by atoms with Crippen LogP contribution in [0.5, 0.6) is 23.0 Å². The van der Waals surface area contributed by atoms with Crippen LogP contribution in [-0.2, 0) is 12.8 Å². The molecule has 0 bridgehead atoms. The summed E-state index contributed by atoms with van der Waals surface area (Å²) in [5.74, 6) is 1.81. The number of aromatic hydroxyl groups is 1. The van der Waals surface area contributed by atoms with E-state index in [1.54, 1.807) is 13.1 Å². The molecule has 1 aliphatic carbocycles. The lowest BCUT2D eigenvalue weighted by Gasteiger charge is -2.51. The Morgan fingerprint density at radius 1 is 1.24 bits per heavy atom. The van der Waals surface area contributed by atoms with Gasteiger partial charge in [-0.1, -0.05) is 6.07 Å². The number of benzene rings is 2. The second-order valence-electron chi connectivity index (χ2n) is 7.08. The van der Waals surface area contributed by atoms with E-state index in [0.717, 1.165) is 22.3 Å². The first-order chi connectivity index (χ1) is 12.0. The van der Waals surface area contributed by atoms with E-state index in [2.05, 4.69) is 0 Å². The Labute approximate surface area is 145 Å². The molecule has 0 radical (unpaired) electrons. The number of ether oxygens (including phenoxy) is 3. The summed E-state index contributed by atoms with van der Waals surface area (Å²) >= 11 is 0. The molecule has 130 valence electrons. The summed E-state index contributed by atoms with van der Waals surface area (Å²) in [5, 5.41) is 23.9. The third kappa shape index (κ3) is 1.86. The van der Waals surface area contributed by atoms with Gasteiger partial charge in [0.15, 0.2) is 23.0 Å². The first kappa shape index (κ1) is 14.9. The number of nitrogens with zero attached hydrogens (tertiary/aromatic N) is 1. The smallest absolute Gasteiger partial charge is 0.231 e. The van der Waals surface area contributed by atoms with Crippen LogP contribution in [0.2, 0.25) is 0 Å². The van der Waals surface area contributed by atoms with Crippen LogP contribution in [-0.4, -0.2) is 37.2 Å². The topological polar surface area (TPSA) is 71.0 Å². The minimum Gasteiger partial charge on any atom is -0.633 e. The molecule has 5 rings (SSSR count). The Hall–Kier alpha value is -2.44. The van der Waals surface area contributed by atoms with Gasteiger partial charge in [-0.2, -0.15) is 0 Å². The summed E-state index contributed by atoms with van der Waals surface area (Å²) in [6.07, 6.45) is 1.28. The first-order valence-electron chi connectivity index (χ1n) is 8.42. The molecule has 0 fully saturated rings. The van der Waals surface area contributed by atoms with Crippen molar-refractivity contribution in [1.82, 2.24) is 0 Å². The Morgan fingerprint density at radius 2 is 2.08 bits per heavy atom. The Kier molecular flexibility index (Phi) is 2.86. The fourth-order valence-electron chi connectivity index (χ4n) is 4.45. The van der Waals surface area contributed by atoms with Crippen molar-refractivity contribution < 1.29 is 24.0 Å². The first-order valence-corrected chi connectivity index (χ1v) is 8.42. The minimum absolute atomic E-state index is 0.0928. The van der Waals surface area contributed by atoms with Gasteiger partial charge in [-0.25, -0.2) is 0 Å². The van der Waals surface area contributed by atoms with Crippen molar-refractivity contribution in [2.45, 2.75) is 18.9 Å². The van der Waals surface area contributed by atoms with Crippen molar-refractivity contribution in [3.05, 3.63) is 40.1 Å². The van der Waals surface area contributed by atoms with Crippen LogP contribution < -0.4 is 14.2 Å². The van der Waals surface area contributed by atoms with Crippen molar-refractivity contribution in [1.29, 1.82) is 0 Å². The van der Waals surface area contributed by atoms with Gasteiger partial charge in [0.25, 0.3) is 0 Å². The summed E-state index contributed by atoms with van der Waals surface area (Å²) in [4.78, 5) is 0. The molecule has 0 saturated heterocycles. The summed E-state index contributed by atoms with van der Waals surface area (Å²) in [6, 6.07) is 5.47. The SMILES string of the molecule is COc1ccc2c(c1O)-c1c3c(cc4c1[C@H](C2)[N@+](C)([O-])CC4)OCO3. The molecule has 2 atom stereocenters. The number of rotatable bonds is 1. The van der Waals surface area contributed by atoms with Crippen molar-refractivity contribution in [3.63, 3.8) is 0 Å². The fraction of sp³-hybridized carbons (Fsp3) is 0.368. The van der Waals surface area contributed by atoms with E-state index in [4.69, 9.17) is 14.2 Å². The predicted octanol–water partition coefficient (Wildman–Crippen LogP) is 2.89. The van der Waals surface area contributed by atoms with Crippen LogP contribution in [0.25, 0.3) is 11.1 Å². The third-order valence-electron chi connectivity index (χ3n) is 5.72. The number of fused-ring (bicyclic) bond motifs is 4. The van der Waals surface area contributed by atoms with Crippen molar-refractivity contribution in [2.75, 3.05) is 27.5 Å². The van der Waals surface area contributed by atoms with Gasteiger partial charge >= 0.3 is 0 Å². The van der Waals surface area contributed by atoms with Gasteiger partial charge in [-0.05, 0) is 23.3 Å². The van der Waals surface area contributed by atoms with Gasteiger partial charge in [-0.3, -0.25) is 0 Å². The largest absolute Gasteiger partial charge is 0.633 e. The zero-order valence-corrected chi connectivity index (χ0v) is 14.2. The maximum Gasteiger partial charge on any atom is 0.231 e. The summed E-state index contributed by atoms with van der Waals surface area (Å²) in [7, 11) is 3.26. The molecule has 2 aromatic rings. The van der Waals surface area contributed by atoms with Crippen LogP contribution in [0, 0.1) is 5.21 Å². The third-order valence-corrected chi connectivity index (χ3v) is 5.72. The predicted molar refractivity (Wildman–Crippen MR) is 90.8 cm³/mol. The van der Waals surface area contributed by atoms with E-state index in [1.807, 2.05) is 12.1 Å². The molecule has 6 heteroatoms. The normalized spacial score (nSPS) is 25.3. The molecular weight excluding hydrogens is 322 g/mol. The monoisotopic (exact) mass is 341 g/mol. The lowest BCUT2D eigenvalue weighted by atomic mass is 9.76. The molecule has 2 aliphatic heterocycles. The molecule has 3 aliphatic rings. The molecule has 6 nitrogen and oxygen atoms in total. The Balaban J connectivity index is 1.89. The highest BCUT2D eigenvalue weighted by atomic mass is 16.7. The lowest BCUT2D eigenvalue weighted by Crippen LogP contribution is -2.48.